The van der Waals surface area contributed by atoms with Crippen molar-refractivity contribution in [1.82, 2.24) is 0 Å². The summed E-state index contributed by atoms with van der Waals surface area (Å²) in [6.07, 6.45) is 0. The first kappa shape index (κ1) is 9.27. The zero-order valence-corrected chi connectivity index (χ0v) is 8.46. The SMILES string of the molecule is Cc1ccc(C[N+](C)(C)C)cc1. The van der Waals surface area contributed by atoms with E-state index in [-0.39, 0.29) is 0 Å². The van der Waals surface area contributed by atoms with E-state index in [9.17, 15) is 0 Å². The first-order valence-corrected chi connectivity index (χ1v) is 4.33. The molecule has 0 saturated heterocycles. The molecule has 0 aliphatic heterocycles. The van der Waals surface area contributed by atoms with Gasteiger partial charge in [0.05, 0.1) is 21.1 Å². The molecule has 0 spiro atoms. The number of rotatable bonds is 2. The third-order valence-corrected chi connectivity index (χ3v) is 1.78. The van der Waals surface area contributed by atoms with E-state index in [0.717, 1.165) is 11.0 Å². The van der Waals surface area contributed by atoms with Crippen molar-refractivity contribution in [3.63, 3.8) is 0 Å². The largest absolute Gasteiger partial charge is 0.327 e. The Bertz CT molecular complexity index is 241. The van der Waals surface area contributed by atoms with Gasteiger partial charge in [-0.2, -0.15) is 0 Å². The highest BCUT2D eigenvalue weighted by Gasteiger charge is 2.07. The van der Waals surface area contributed by atoms with Crippen LogP contribution in [0.1, 0.15) is 11.1 Å². The fourth-order valence-corrected chi connectivity index (χ4v) is 1.24. The number of quaternary nitrogens is 1. The van der Waals surface area contributed by atoms with Crippen molar-refractivity contribution >= 4 is 0 Å². The normalized spacial score (nSPS) is 11.7. The van der Waals surface area contributed by atoms with Crippen LogP contribution in [0.5, 0.6) is 0 Å². The molecule has 0 radical (unpaired) electrons. The van der Waals surface area contributed by atoms with Crippen LogP contribution in [0.2, 0.25) is 0 Å². The van der Waals surface area contributed by atoms with Crippen molar-refractivity contribution in [2.75, 3.05) is 21.1 Å². The van der Waals surface area contributed by atoms with Crippen molar-refractivity contribution in [2.45, 2.75) is 13.5 Å². The molecule has 0 N–H and O–H groups in total. The topological polar surface area (TPSA) is 0 Å². The first-order chi connectivity index (χ1) is 5.47. The van der Waals surface area contributed by atoms with Gasteiger partial charge in [-0.05, 0) is 6.92 Å². The summed E-state index contributed by atoms with van der Waals surface area (Å²) in [6.45, 7) is 3.22. The van der Waals surface area contributed by atoms with Crippen molar-refractivity contribution in [2.24, 2.45) is 0 Å². The Morgan fingerprint density at radius 1 is 1.00 bits per heavy atom. The molecule has 0 aliphatic carbocycles. The maximum atomic E-state index is 2.21. The Hall–Kier alpha value is -0.820. The molecule has 1 nitrogen and oxygen atoms in total. The first-order valence-electron chi connectivity index (χ1n) is 4.33. The third kappa shape index (κ3) is 3.05. The van der Waals surface area contributed by atoms with E-state index in [4.69, 9.17) is 0 Å². The second-order valence-electron chi connectivity index (χ2n) is 4.43. The smallest absolute Gasteiger partial charge is 0.104 e. The van der Waals surface area contributed by atoms with Crippen LogP contribution in [0.4, 0.5) is 0 Å². The third-order valence-electron chi connectivity index (χ3n) is 1.78. The quantitative estimate of drug-likeness (QED) is 0.588. The van der Waals surface area contributed by atoms with Gasteiger partial charge < -0.3 is 4.48 Å². The highest BCUT2D eigenvalue weighted by Crippen LogP contribution is 2.07. The Labute approximate surface area is 75.2 Å². The molecule has 1 heteroatoms. The van der Waals surface area contributed by atoms with Gasteiger partial charge in [0.2, 0.25) is 0 Å². The zero-order valence-electron chi connectivity index (χ0n) is 8.46. The molecule has 1 aromatic carbocycles. The lowest BCUT2D eigenvalue weighted by Gasteiger charge is -2.23. The molecule has 0 bridgehead atoms. The van der Waals surface area contributed by atoms with E-state index in [1.807, 2.05) is 0 Å². The summed E-state index contributed by atoms with van der Waals surface area (Å²) in [5.74, 6) is 0. The van der Waals surface area contributed by atoms with Gasteiger partial charge in [0.15, 0.2) is 0 Å². The number of hydrogen-bond acceptors (Lipinski definition) is 0. The van der Waals surface area contributed by atoms with Crippen molar-refractivity contribution in [3.8, 4) is 0 Å². The molecular weight excluding hydrogens is 146 g/mol. The second kappa shape index (κ2) is 3.28. The van der Waals surface area contributed by atoms with Crippen LogP contribution in [0.3, 0.4) is 0 Å². The van der Waals surface area contributed by atoms with Gasteiger partial charge in [0, 0.05) is 5.56 Å². The van der Waals surface area contributed by atoms with Crippen LogP contribution in [0.15, 0.2) is 24.3 Å². The number of hydrogen-bond donors (Lipinski definition) is 0. The fourth-order valence-electron chi connectivity index (χ4n) is 1.24. The second-order valence-corrected chi connectivity index (χ2v) is 4.43. The van der Waals surface area contributed by atoms with Gasteiger partial charge in [-0.15, -0.1) is 0 Å². The summed E-state index contributed by atoms with van der Waals surface area (Å²) >= 11 is 0. The lowest BCUT2D eigenvalue weighted by Crippen LogP contribution is -2.33. The summed E-state index contributed by atoms with van der Waals surface area (Å²) in [5.41, 5.74) is 2.74. The summed E-state index contributed by atoms with van der Waals surface area (Å²) < 4.78 is 0.989. The molecule has 0 saturated carbocycles. The van der Waals surface area contributed by atoms with Gasteiger partial charge in [0.1, 0.15) is 6.54 Å². The Kier molecular flexibility index (Phi) is 2.53. The van der Waals surface area contributed by atoms with E-state index in [0.29, 0.717) is 0 Å². The highest BCUT2D eigenvalue weighted by atomic mass is 15.3. The summed E-state index contributed by atoms with van der Waals surface area (Å²) in [4.78, 5) is 0. The van der Waals surface area contributed by atoms with E-state index in [2.05, 4.69) is 52.3 Å². The van der Waals surface area contributed by atoms with Crippen LogP contribution >= 0.6 is 0 Å². The molecule has 0 atom stereocenters. The van der Waals surface area contributed by atoms with Crippen LogP contribution in [-0.2, 0) is 6.54 Å². The molecule has 0 aliphatic rings. The van der Waals surface area contributed by atoms with Gasteiger partial charge in [-0.1, -0.05) is 29.8 Å². The average molecular weight is 164 g/mol. The lowest BCUT2D eigenvalue weighted by molar-refractivity contribution is -0.884. The molecule has 12 heavy (non-hydrogen) atoms. The van der Waals surface area contributed by atoms with E-state index in [1.54, 1.807) is 0 Å². The molecule has 0 heterocycles. The number of benzene rings is 1. The Balaban J connectivity index is 2.71. The van der Waals surface area contributed by atoms with Crippen LogP contribution in [0, 0.1) is 6.92 Å². The van der Waals surface area contributed by atoms with Crippen molar-refractivity contribution < 1.29 is 4.48 Å². The van der Waals surface area contributed by atoms with E-state index < -0.39 is 0 Å². The molecule has 1 rings (SSSR count). The summed E-state index contributed by atoms with van der Waals surface area (Å²) in [6, 6.07) is 8.76. The predicted molar refractivity (Wildman–Crippen MR) is 52.9 cm³/mol. The summed E-state index contributed by atoms with van der Waals surface area (Å²) in [7, 11) is 6.62. The Morgan fingerprint density at radius 3 is 1.92 bits per heavy atom. The van der Waals surface area contributed by atoms with Crippen molar-refractivity contribution in [3.05, 3.63) is 35.4 Å². The van der Waals surface area contributed by atoms with Crippen LogP contribution < -0.4 is 0 Å². The van der Waals surface area contributed by atoms with Gasteiger partial charge in [-0.3, -0.25) is 0 Å². The summed E-state index contributed by atoms with van der Waals surface area (Å²) in [5, 5.41) is 0. The minimum atomic E-state index is 0.989. The minimum Gasteiger partial charge on any atom is -0.327 e. The Morgan fingerprint density at radius 2 is 1.50 bits per heavy atom. The molecule has 0 unspecified atom stereocenters. The molecule has 0 amide bonds. The maximum absolute atomic E-state index is 2.21. The van der Waals surface area contributed by atoms with Crippen LogP contribution in [-0.4, -0.2) is 25.6 Å². The number of nitrogens with zero attached hydrogens (tertiary/aromatic N) is 1. The monoisotopic (exact) mass is 164 g/mol. The zero-order chi connectivity index (χ0) is 9.19. The van der Waals surface area contributed by atoms with Crippen LogP contribution in [0.25, 0.3) is 0 Å². The van der Waals surface area contributed by atoms with Gasteiger partial charge in [-0.25, -0.2) is 0 Å². The predicted octanol–water partition coefficient (Wildman–Crippen LogP) is 2.20. The van der Waals surface area contributed by atoms with Crippen molar-refractivity contribution in [1.29, 1.82) is 0 Å². The lowest BCUT2D eigenvalue weighted by atomic mass is 10.1. The molecule has 0 aromatic heterocycles. The minimum absolute atomic E-state index is 0.989. The van der Waals surface area contributed by atoms with E-state index >= 15 is 0 Å². The van der Waals surface area contributed by atoms with Gasteiger partial charge >= 0.3 is 0 Å². The average Bonchev–Trinajstić information content (AvgIpc) is 1.91. The molecule has 66 valence electrons. The fraction of sp³-hybridized carbons (Fsp3) is 0.455. The standard InChI is InChI=1S/C11H18N/c1-10-5-7-11(8-6-10)9-12(2,3)4/h5-8H,9H2,1-4H3/q+1. The highest BCUT2D eigenvalue weighted by molar-refractivity contribution is 5.20. The van der Waals surface area contributed by atoms with Gasteiger partial charge in [0.25, 0.3) is 0 Å². The van der Waals surface area contributed by atoms with E-state index in [1.165, 1.54) is 11.1 Å². The number of aryl methyl sites for hydroxylation is 1. The molecule has 1 aromatic rings. The maximum Gasteiger partial charge on any atom is 0.104 e. The molecular formula is C11H18N+. The molecule has 0 fully saturated rings.